The molecule has 0 aromatic carbocycles. The van der Waals surface area contributed by atoms with Crippen molar-refractivity contribution >= 4 is 17.1 Å². The van der Waals surface area contributed by atoms with Crippen LogP contribution in [-0.2, 0) is 0 Å². The number of unbranched alkanes of at least 4 members (excludes halogenated alkanes) is 3. The lowest BCUT2D eigenvalue weighted by molar-refractivity contribution is 0.560. The fraction of sp³-hybridized carbons (Fsp3) is 1.00. The second kappa shape index (κ2) is 10.9. The normalized spacial score (nSPS) is 12.9. The van der Waals surface area contributed by atoms with Crippen molar-refractivity contribution in [2.24, 2.45) is 0 Å². The SMILES string of the molecule is CCC[Si](F)(F)CCCCCC[Si](F)(CCC)CCC. The van der Waals surface area contributed by atoms with Gasteiger partial charge in [-0.3, -0.25) is 8.22 Å². The Balaban J connectivity index is 3.74. The zero-order chi connectivity index (χ0) is 15.5. The maximum absolute atomic E-state index is 14.6. The lowest BCUT2D eigenvalue weighted by atomic mass is 10.2. The van der Waals surface area contributed by atoms with Gasteiger partial charge < -0.3 is 4.11 Å². The van der Waals surface area contributed by atoms with E-state index in [1.165, 1.54) is 0 Å². The molecule has 0 aliphatic carbocycles. The van der Waals surface area contributed by atoms with Crippen LogP contribution in [-0.4, -0.2) is 17.1 Å². The molecule has 0 rings (SSSR count). The predicted molar refractivity (Wildman–Crippen MR) is 88.2 cm³/mol. The van der Waals surface area contributed by atoms with Gasteiger partial charge in [0.15, 0.2) is 0 Å². The second-order valence-corrected chi connectivity index (χ2v) is 12.7. The van der Waals surface area contributed by atoms with Gasteiger partial charge in [0, 0.05) is 0 Å². The maximum Gasteiger partial charge on any atom is 0.425 e. The van der Waals surface area contributed by atoms with Crippen molar-refractivity contribution in [1.29, 1.82) is 0 Å². The summed E-state index contributed by atoms with van der Waals surface area (Å²) in [6.07, 6.45) is 5.82. The molecule has 0 aliphatic rings. The first-order valence-corrected chi connectivity index (χ1v) is 13.1. The van der Waals surface area contributed by atoms with E-state index in [1.54, 1.807) is 0 Å². The van der Waals surface area contributed by atoms with Gasteiger partial charge >= 0.3 is 8.74 Å². The van der Waals surface area contributed by atoms with Crippen LogP contribution in [0.5, 0.6) is 0 Å². The summed E-state index contributed by atoms with van der Waals surface area (Å²) >= 11 is 0. The van der Waals surface area contributed by atoms with E-state index in [-0.39, 0.29) is 12.1 Å². The van der Waals surface area contributed by atoms with Crippen molar-refractivity contribution in [3.05, 3.63) is 0 Å². The van der Waals surface area contributed by atoms with Crippen LogP contribution in [0.2, 0.25) is 30.2 Å². The minimum absolute atomic E-state index is 0.139. The van der Waals surface area contributed by atoms with Crippen LogP contribution in [0, 0.1) is 0 Å². The molecule has 0 aromatic heterocycles. The van der Waals surface area contributed by atoms with Crippen LogP contribution in [0.3, 0.4) is 0 Å². The third-order valence-electron chi connectivity index (χ3n) is 3.93. The Kier molecular flexibility index (Phi) is 11.0. The van der Waals surface area contributed by atoms with E-state index in [4.69, 9.17) is 0 Å². The molecule has 0 amide bonds. The molecule has 0 radical (unpaired) electrons. The smallest absolute Gasteiger partial charge is 0.314 e. The lowest BCUT2D eigenvalue weighted by Crippen LogP contribution is -2.27. The fourth-order valence-electron chi connectivity index (χ4n) is 2.94. The molecule has 0 unspecified atom stereocenters. The van der Waals surface area contributed by atoms with Crippen molar-refractivity contribution in [2.75, 3.05) is 0 Å². The standard InChI is InChI=1S/C15H33F3Si2/c1-4-11-19(16,12-5-2)14-9-7-8-10-15-20(17,18)13-6-3/h4-15H2,1-3H3. The summed E-state index contributed by atoms with van der Waals surface area (Å²) in [4.78, 5) is 0. The van der Waals surface area contributed by atoms with Crippen molar-refractivity contribution in [2.45, 2.75) is 95.9 Å². The number of hydrogen-bond acceptors (Lipinski definition) is 0. The third-order valence-corrected chi connectivity index (χ3v) is 10.3. The Morgan fingerprint density at radius 1 is 0.550 bits per heavy atom. The summed E-state index contributed by atoms with van der Waals surface area (Å²) in [5.41, 5.74) is 0. The van der Waals surface area contributed by atoms with Crippen molar-refractivity contribution in [3.63, 3.8) is 0 Å². The zero-order valence-corrected chi connectivity index (χ0v) is 15.6. The van der Waals surface area contributed by atoms with Gasteiger partial charge in [-0.05, 0) is 30.2 Å². The summed E-state index contributed by atoms with van der Waals surface area (Å²) < 4.78 is 41.4. The average molecular weight is 327 g/mol. The molecule has 0 aliphatic heterocycles. The van der Waals surface area contributed by atoms with E-state index in [0.29, 0.717) is 12.8 Å². The Morgan fingerprint density at radius 3 is 1.45 bits per heavy atom. The molecule has 5 heteroatoms. The number of hydrogen-bond donors (Lipinski definition) is 0. The quantitative estimate of drug-likeness (QED) is 0.193. The maximum atomic E-state index is 14.6. The van der Waals surface area contributed by atoms with Crippen LogP contribution in [0.4, 0.5) is 12.3 Å². The van der Waals surface area contributed by atoms with Gasteiger partial charge in [0.1, 0.15) is 0 Å². The summed E-state index contributed by atoms with van der Waals surface area (Å²) in [6.45, 7) is 5.93. The highest BCUT2D eigenvalue weighted by atomic mass is 28.4. The van der Waals surface area contributed by atoms with Gasteiger partial charge in [0.2, 0.25) is 8.41 Å². The summed E-state index contributed by atoms with van der Waals surface area (Å²) in [5.74, 6) is 0. The van der Waals surface area contributed by atoms with E-state index in [1.807, 2.05) is 6.92 Å². The van der Waals surface area contributed by atoms with Gasteiger partial charge in [-0.2, -0.15) is 0 Å². The van der Waals surface area contributed by atoms with Crippen molar-refractivity contribution < 1.29 is 12.3 Å². The first kappa shape index (κ1) is 20.2. The molecule has 0 atom stereocenters. The number of rotatable bonds is 13. The molecule has 0 aromatic rings. The fourth-order valence-corrected chi connectivity index (χ4v) is 8.12. The molecule has 0 nitrogen and oxygen atoms in total. The van der Waals surface area contributed by atoms with Crippen molar-refractivity contribution in [3.8, 4) is 0 Å². The van der Waals surface area contributed by atoms with Gasteiger partial charge in [-0.15, -0.1) is 0 Å². The molecule has 0 N–H and O–H groups in total. The Morgan fingerprint density at radius 2 is 1.00 bits per heavy atom. The zero-order valence-electron chi connectivity index (χ0n) is 13.6. The van der Waals surface area contributed by atoms with Crippen LogP contribution >= 0.6 is 0 Å². The van der Waals surface area contributed by atoms with Crippen LogP contribution in [0.1, 0.15) is 65.7 Å². The molecule has 0 saturated carbocycles. The van der Waals surface area contributed by atoms with E-state index in [2.05, 4.69) is 13.8 Å². The van der Waals surface area contributed by atoms with E-state index in [9.17, 15) is 12.3 Å². The monoisotopic (exact) mass is 326 g/mol. The minimum Gasteiger partial charge on any atom is -0.314 e. The minimum atomic E-state index is -3.89. The Labute approximate surface area is 126 Å². The highest BCUT2D eigenvalue weighted by molar-refractivity contribution is 6.73. The van der Waals surface area contributed by atoms with Gasteiger partial charge in [0.05, 0.1) is 0 Å². The summed E-state index contributed by atoms with van der Waals surface area (Å²) in [7, 11) is -6.39. The van der Waals surface area contributed by atoms with Crippen molar-refractivity contribution in [1.82, 2.24) is 0 Å². The number of halogens is 3. The molecule has 20 heavy (non-hydrogen) atoms. The van der Waals surface area contributed by atoms with E-state index >= 15 is 0 Å². The predicted octanol–water partition coefficient (Wildman–Crippen LogP) is 7.07. The molecule has 0 saturated heterocycles. The van der Waals surface area contributed by atoms with Crippen LogP contribution < -0.4 is 0 Å². The molecule has 0 fully saturated rings. The van der Waals surface area contributed by atoms with Gasteiger partial charge in [0.25, 0.3) is 0 Å². The second-order valence-electron chi connectivity index (χ2n) is 6.17. The molecule has 122 valence electrons. The van der Waals surface area contributed by atoms with Gasteiger partial charge in [-0.25, -0.2) is 0 Å². The molecule has 0 heterocycles. The Hall–Kier alpha value is 0.224. The average Bonchev–Trinajstić information content (AvgIpc) is 2.34. The van der Waals surface area contributed by atoms with Crippen LogP contribution in [0.15, 0.2) is 0 Å². The first-order chi connectivity index (χ1) is 9.39. The first-order valence-electron chi connectivity index (χ1n) is 8.46. The third kappa shape index (κ3) is 10.0. The molecular weight excluding hydrogens is 293 g/mol. The summed E-state index contributed by atoms with van der Waals surface area (Å²) in [5, 5.41) is 0. The molecular formula is C15H33F3Si2. The van der Waals surface area contributed by atoms with E-state index < -0.39 is 17.1 Å². The lowest BCUT2D eigenvalue weighted by Gasteiger charge is -2.21. The Bertz CT molecular complexity index is 229. The topological polar surface area (TPSA) is 0 Å². The highest BCUT2D eigenvalue weighted by Crippen LogP contribution is 2.29. The van der Waals surface area contributed by atoms with E-state index in [0.717, 1.165) is 50.2 Å². The molecule has 0 spiro atoms. The van der Waals surface area contributed by atoms with Gasteiger partial charge in [-0.1, -0.05) is 65.7 Å². The van der Waals surface area contributed by atoms with Crippen LogP contribution in [0.25, 0.3) is 0 Å². The largest absolute Gasteiger partial charge is 0.425 e. The highest BCUT2D eigenvalue weighted by Gasteiger charge is 2.33. The summed E-state index contributed by atoms with van der Waals surface area (Å²) in [6, 6.07) is 2.59. The molecule has 0 bridgehead atoms.